The Hall–Kier alpha value is -2.30. The van der Waals surface area contributed by atoms with E-state index in [2.05, 4.69) is 5.16 Å². The molecule has 0 fully saturated rings. The highest BCUT2D eigenvalue weighted by Crippen LogP contribution is 2.38. The van der Waals surface area contributed by atoms with Gasteiger partial charge < -0.3 is 15.1 Å². The summed E-state index contributed by atoms with van der Waals surface area (Å²) in [6.07, 6.45) is 1.22. The Morgan fingerprint density at radius 1 is 1.21 bits per heavy atom. The predicted octanol–water partition coefficient (Wildman–Crippen LogP) is 4.07. The van der Waals surface area contributed by atoms with Crippen molar-refractivity contribution in [3.05, 3.63) is 40.2 Å². The normalized spacial score (nSPS) is 18.9. The minimum absolute atomic E-state index is 0.0726. The molecule has 0 heterocycles. The van der Waals surface area contributed by atoms with E-state index in [4.69, 9.17) is 4.84 Å². The maximum absolute atomic E-state index is 12.6. The van der Waals surface area contributed by atoms with Gasteiger partial charge in [0.2, 0.25) is 0 Å². The standard InChI is InChI=1S/C19H25NO4/c1-5-15(20-24-6-2)19-16(22)9-13(10-17(19)23)18-11(3)7-14(21)8-12(18)4/h7-8,13,21-22H,5-6,9-10H2,1-4H3/b20-15-. The number of ketones is 1. The Kier molecular flexibility index (Phi) is 5.65. The Labute approximate surface area is 142 Å². The fourth-order valence-corrected chi connectivity index (χ4v) is 3.45. The van der Waals surface area contributed by atoms with Gasteiger partial charge in [-0.1, -0.05) is 12.1 Å². The van der Waals surface area contributed by atoms with Crippen LogP contribution in [-0.4, -0.2) is 28.3 Å². The van der Waals surface area contributed by atoms with Crippen molar-refractivity contribution in [1.82, 2.24) is 0 Å². The molecule has 0 bridgehead atoms. The topological polar surface area (TPSA) is 79.1 Å². The molecule has 0 spiro atoms. The number of nitrogens with zero attached hydrogens (tertiary/aromatic N) is 1. The Balaban J connectivity index is 2.38. The van der Waals surface area contributed by atoms with Gasteiger partial charge in [-0.3, -0.25) is 4.79 Å². The van der Waals surface area contributed by atoms with Crippen LogP contribution in [0, 0.1) is 13.8 Å². The summed E-state index contributed by atoms with van der Waals surface area (Å²) in [5, 5.41) is 24.2. The summed E-state index contributed by atoms with van der Waals surface area (Å²) in [5.74, 6) is 0.0832. The van der Waals surface area contributed by atoms with E-state index in [0.29, 0.717) is 37.2 Å². The minimum Gasteiger partial charge on any atom is -0.511 e. The predicted molar refractivity (Wildman–Crippen MR) is 93.6 cm³/mol. The van der Waals surface area contributed by atoms with Gasteiger partial charge in [-0.2, -0.15) is 0 Å². The van der Waals surface area contributed by atoms with Crippen LogP contribution in [0.3, 0.4) is 0 Å². The monoisotopic (exact) mass is 331 g/mol. The fourth-order valence-electron chi connectivity index (χ4n) is 3.45. The van der Waals surface area contributed by atoms with Crippen LogP contribution in [0.15, 0.2) is 28.6 Å². The molecule has 1 aromatic carbocycles. The number of phenols is 1. The first kappa shape index (κ1) is 18.0. The van der Waals surface area contributed by atoms with Crippen molar-refractivity contribution in [2.24, 2.45) is 5.16 Å². The number of aliphatic hydroxyl groups is 1. The molecule has 1 aliphatic rings. The van der Waals surface area contributed by atoms with Gasteiger partial charge in [-0.15, -0.1) is 0 Å². The third-order valence-corrected chi connectivity index (χ3v) is 4.35. The number of aryl methyl sites for hydroxylation is 2. The van der Waals surface area contributed by atoms with E-state index in [1.165, 1.54) is 0 Å². The van der Waals surface area contributed by atoms with Crippen LogP contribution < -0.4 is 0 Å². The third kappa shape index (κ3) is 3.61. The zero-order valence-corrected chi connectivity index (χ0v) is 14.7. The lowest BCUT2D eigenvalue weighted by atomic mass is 9.78. The van der Waals surface area contributed by atoms with E-state index in [-0.39, 0.29) is 23.2 Å². The second-order valence-corrected chi connectivity index (χ2v) is 6.15. The largest absolute Gasteiger partial charge is 0.511 e. The summed E-state index contributed by atoms with van der Waals surface area (Å²) in [7, 11) is 0. The molecule has 1 aromatic rings. The Morgan fingerprint density at radius 2 is 1.83 bits per heavy atom. The first-order valence-electron chi connectivity index (χ1n) is 8.33. The summed E-state index contributed by atoms with van der Waals surface area (Å²) >= 11 is 0. The highest BCUT2D eigenvalue weighted by atomic mass is 16.6. The quantitative estimate of drug-likeness (QED) is 0.629. The van der Waals surface area contributed by atoms with Crippen LogP contribution in [0.5, 0.6) is 5.75 Å². The zero-order chi connectivity index (χ0) is 17.9. The number of aliphatic hydroxyl groups excluding tert-OH is 1. The molecule has 0 saturated carbocycles. The molecule has 1 aliphatic carbocycles. The molecule has 24 heavy (non-hydrogen) atoms. The number of hydrogen-bond donors (Lipinski definition) is 2. The molecule has 130 valence electrons. The average Bonchev–Trinajstić information content (AvgIpc) is 2.48. The Morgan fingerprint density at radius 3 is 2.33 bits per heavy atom. The maximum atomic E-state index is 12.6. The van der Waals surface area contributed by atoms with E-state index in [1.54, 1.807) is 12.1 Å². The molecule has 1 unspecified atom stereocenters. The number of Topliss-reactive ketones (excluding diaryl/α,β-unsaturated/α-hetero) is 1. The van der Waals surface area contributed by atoms with Gasteiger partial charge in [-0.25, -0.2) is 0 Å². The number of benzene rings is 1. The highest BCUT2D eigenvalue weighted by Gasteiger charge is 2.32. The second kappa shape index (κ2) is 7.51. The van der Waals surface area contributed by atoms with Crippen LogP contribution in [-0.2, 0) is 9.63 Å². The molecule has 5 nitrogen and oxygen atoms in total. The van der Waals surface area contributed by atoms with E-state index in [1.807, 2.05) is 27.7 Å². The van der Waals surface area contributed by atoms with Crippen LogP contribution in [0.1, 0.15) is 55.7 Å². The third-order valence-electron chi connectivity index (χ3n) is 4.35. The van der Waals surface area contributed by atoms with E-state index >= 15 is 0 Å². The fraction of sp³-hybridized carbons (Fsp3) is 0.474. The molecule has 2 N–H and O–H groups in total. The van der Waals surface area contributed by atoms with E-state index < -0.39 is 0 Å². The SMILES string of the molecule is CCO/N=C(/CC)C1=C(O)CC(c2c(C)cc(O)cc2C)CC1=O. The molecule has 0 aliphatic heterocycles. The molecule has 0 radical (unpaired) electrons. The van der Waals surface area contributed by atoms with Gasteiger partial charge in [0.25, 0.3) is 0 Å². The lowest BCUT2D eigenvalue weighted by Gasteiger charge is -2.26. The first-order chi connectivity index (χ1) is 11.4. The van der Waals surface area contributed by atoms with Crippen molar-refractivity contribution in [3.8, 4) is 5.75 Å². The number of rotatable bonds is 5. The van der Waals surface area contributed by atoms with Gasteiger partial charge in [0.1, 0.15) is 18.1 Å². The van der Waals surface area contributed by atoms with Crippen molar-refractivity contribution < 1.29 is 19.8 Å². The number of oxime groups is 1. The summed E-state index contributed by atoms with van der Waals surface area (Å²) in [6, 6.07) is 3.38. The van der Waals surface area contributed by atoms with E-state index in [9.17, 15) is 15.0 Å². The molecule has 0 aromatic heterocycles. The minimum atomic E-state index is -0.115. The van der Waals surface area contributed by atoms with Crippen molar-refractivity contribution in [2.75, 3.05) is 6.61 Å². The average molecular weight is 331 g/mol. The summed E-state index contributed by atoms with van der Waals surface area (Å²) in [6.45, 7) is 7.94. The van der Waals surface area contributed by atoms with Crippen molar-refractivity contribution in [1.29, 1.82) is 0 Å². The second-order valence-electron chi connectivity index (χ2n) is 6.15. The summed E-state index contributed by atoms with van der Waals surface area (Å²) in [4.78, 5) is 17.7. The molecule has 0 saturated heterocycles. The smallest absolute Gasteiger partial charge is 0.168 e. The number of phenolic OH excluding ortho intramolecular Hbond substituents is 1. The van der Waals surface area contributed by atoms with Crippen molar-refractivity contribution in [2.45, 2.75) is 52.9 Å². The number of carbonyl (C=O) groups is 1. The van der Waals surface area contributed by atoms with Crippen LogP contribution in [0.25, 0.3) is 0 Å². The number of hydrogen-bond acceptors (Lipinski definition) is 5. The van der Waals surface area contributed by atoms with E-state index in [0.717, 1.165) is 16.7 Å². The zero-order valence-electron chi connectivity index (χ0n) is 14.7. The van der Waals surface area contributed by atoms with Crippen LogP contribution >= 0.6 is 0 Å². The summed E-state index contributed by atoms with van der Waals surface area (Å²) < 4.78 is 0. The van der Waals surface area contributed by atoms with Gasteiger partial charge in [0, 0.05) is 12.8 Å². The molecular formula is C19H25NO4. The molecular weight excluding hydrogens is 306 g/mol. The maximum Gasteiger partial charge on any atom is 0.168 e. The van der Waals surface area contributed by atoms with Crippen molar-refractivity contribution >= 4 is 11.5 Å². The van der Waals surface area contributed by atoms with Gasteiger partial charge in [-0.05, 0) is 61.9 Å². The molecule has 0 amide bonds. The lowest BCUT2D eigenvalue weighted by molar-refractivity contribution is -0.116. The summed E-state index contributed by atoms with van der Waals surface area (Å²) in [5.41, 5.74) is 3.68. The van der Waals surface area contributed by atoms with Gasteiger partial charge >= 0.3 is 0 Å². The Bertz CT molecular complexity index is 680. The first-order valence-corrected chi connectivity index (χ1v) is 8.33. The number of carbonyl (C=O) groups excluding carboxylic acids is 1. The van der Waals surface area contributed by atoms with Crippen molar-refractivity contribution in [3.63, 3.8) is 0 Å². The van der Waals surface area contributed by atoms with Gasteiger partial charge in [0.05, 0.1) is 11.3 Å². The molecule has 2 rings (SSSR count). The molecule has 1 atom stereocenters. The van der Waals surface area contributed by atoms with Crippen LogP contribution in [0.4, 0.5) is 0 Å². The highest BCUT2D eigenvalue weighted by molar-refractivity contribution is 6.23. The number of aromatic hydroxyl groups is 1. The lowest BCUT2D eigenvalue weighted by Crippen LogP contribution is -2.24. The number of allylic oxidation sites excluding steroid dienone is 2. The van der Waals surface area contributed by atoms with Crippen LogP contribution in [0.2, 0.25) is 0 Å². The molecule has 5 heteroatoms. The van der Waals surface area contributed by atoms with Gasteiger partial charge in [0.15, 0.2) is 5.78 Å².